The number of fused-ring (bicyclic) bond motifs is 1. The fraction of sp³-hybridized carbons (Fsp3) is 0.417. The predicted molar refractivity (Wildman–Crippen MR) is 73.3 cm³/mol. The van der Waals surface area contributed by atoms with Gasteiger partial charge in [0.1, 0.15) is 0 Å². The van der Waals surface area contributed by atoms with Crippen LogP contribution in [-0.2, 0) is 14.8 Å². The quantitative estimate of drug-likeness (QED) is 0.707. The molecule has 1 heterocycles. The first kappa shape index (κ1) is 13.8. The van der Waals surface area contributed by atoms with Crippen molar-refractivity contribution in [1.29, 1.82) is 0 Å². The molecule has 104 valence electrons. The van der Waals surface area contributed by atoms with Gasteiger partial charge in [-0.25, -0.2) is 13.6 Å². The van der Waals surface area contributed by atoms with Crippen molar-refractivity contribution in [3.63, 3.8) is 0 Å². The zero-order valence-corrected chi connectivity index (χ0v) is 11.2. The summed E-state index contributed by atoms with van der Waals surface area (Å²) in [7, 11) is -3.52. The Labute approximate surface area is 112 Å². The topological polar surface area (TPSA) is 101 Å². The first-order chi connectivity index (χ1) is 8.96. The van der Waals surface area contributed by atoms with E-state index < -0.39 is 10.0 Å². The second-order valence-electron chi connectivity index (χ2n) is 4.59. The molecule has 4 N–H and O–H groups in total. The minimum absolute atomic E-state index is 0.0550. The molecule has 0 saturated heterocycles. The van der Waals surface area contributed by atoms with Gasteiger partial charge in [-0.2, -0.15) is 0 Å². The Kier molecular flexibility index (Phi) is 4.06. The maximum atomic E-state index is 11.7. The fourth-order valence-electron chi connectivity index (χ4n) is 2.17. The van der Waals surface area contributed by atoms with Crippen LogP contribution in [0.25, 0.3) is 0 Å². The van der Waals surface area contributed by atoms with Gasteiger partial charge in [-0.15, -0.1) is 0 Å². The number of amides is 1. The zero-order chi connectivity index (χ0) is 13.9. The number of para-hydroxylation sites is 1. The molecule has 1 unspecified atom stereocenters. The largest absolute Gasteiger partial charge is 0.384 e. The average Bonchev–Trinajstić information content (AvgIpc) is 2.71. The minimum atomic E-state index is -3.52. The molecule has 0 aromatic heterocycles. The van der Waals surface area contributed by atoms with E-state index in [1.807, 2.05) is 24.3 Å². The Hall–Kier alpha value is -1.60. The zero-order valence-electron chi connectivity index (χ0n) is 10.4. The standard InChI is InChI=1S/C12H17N3O3S/c13-19(17,18)6-5-14-12(16)7-9-8-15-11-4-2-1-3-10(9)11/h1-4,9,15H,5-8H2,(H,14,16)(H2,13,17,18). The van der Waals surface area contributed by atoms with Crippen molar-refractivity contribution in [2.24, 2.45) is 5.14 Å². The van der Waals surface area contributed by atoms with Crippen molar-refractivity contribution in [2.75, 3.05) is 24.2 Å². The summed E-state index contributed by atoms with van der Waals surface area (Å²) in [5.74, 6) is -0.268. The lowest BCUT2D eigenvalue weighted by molar-refractivity contribution is -0.121. The van der Waals surface area contributed by atoms with Gasteiger partial charge in [0.2, 0.25) is 15.9 Å². The number of anilines is 1. The summed E-state index contributed by atoms with van der Waals surface area (Å²) >= 11 is 0. The summed E-state index contributed by atoms with van der Waals surface area (Å²) in [6.45, 7) is 0.779. The first-order valence-corrected chi connectivity index (χ1v) is 7.77. The van der Waals surface area contributed by atoms with E-state index in [1.54, 1.807) is 0 Å². The third-order valence-corrected chi connectivity index (χ3v) is 3.85. The van der Waals surface area contributed by atoms with Crippen LogP contribution in [-0.4, -0.2) is 33.2 Å². The fourth-order valence-corrected chi connectivity index (χ4v) is 2.55. The van der Waals surface area contributed by atoms with E-state index in [2.05, 4.69) is 10.6 Å². The van der Waals surface area contributed by atoms with E-state index in [0.29, 0.717) is 6.42 Å². The van der Waals surface area contributed by atoms with Gasteiger partial charge in [0, 0.05) is 31.1 Å². The predicted octanol–water partition coefficient (Wildman–Crippen LogP) is -0.00950. The molecule has 2 rings (SSSR count). The van der Waals surface area contributed by atoms with Crippen LogP contribution >= 0.6 is 0 Å². The average molecular weight is 283 g/mol. The van der Waals surface area contributed by atoms with Crippen LogP contribution in [0.4, 0.5) is 5.69 Å². The summed E-state index contributed by atoms with van der Waals surface area (Å²) in [4.78, 5) is 11.7. The number of benzene rings is 1. The molecule has 1 aliphatic heterocycles. The molecule has 7 heteroatoms. The molecule has 19 heavy (non-hydrogen) atoms. The molecule has 1 aromatic rings. The molecule has 0 radical (unpaired) electrons. The van der Waals surface area contributed by atoms with Gasteiger partial charge in [-0.05, 0) is 11.6 Å². The number of carbonyl (C=O) groups is 1. The Morgan fingerprint density at radius 2 is 2.16 bits per heavy atom. The van der Waals surface area contributed by atoms with E-state index in [4.69, 9.17) is 5.14 Å². The lowest BCUT2D eigenvalue weighted by Crippen LogP contribution is -2.32. The molecule has 0 saturated carbocycles. The molecule has 1 aromatic carbocycles. The monoisotopic (exact) mass is 283 g/mol. The van der Waals surface area contributed by atoms with Crippen molar-refractivity contribution in [3.05, 3.63) is 29.8 Å². The summed E-state index contributed by atoms with van der Waals surface area (Å²) < 4.78 is 21.5. The summed E-state index contributed by atoms with van der Waals surface area (Å²) in [5, 5.41) is 10.7. The number of hydrogen-bond acceptors (Lipinski definition) is 4. The van der Waals surface area contributed by atoms with Crippen molar-refractivity contribution in [2.45, 2.75) is 12.3 Å². The van der Waals surface area contributed by atoms with E-state index in [1.165, 1.54) is 0 Å². The van der Waals surface area contributed by atoms with Crippen LogP contribution in [0.1, 0.15) is 17.9 Å². The van der Waals surface area contributed by atoms with Crippen LogP contribution < -0.4 is 15.8 Å². The van der Waals surface area contributed by atoms with E-state index in [-0.39, 0.29) is 24.1 Å². The van der Waals surface area contributed by atoms with Crippen molar-refractivity contribution >= 4 is 21.6 Å². The number of carbonyl (C=O) groups excluding carboxylic acids is 1. The normalized spacial score (nSPS) is 17.6. The smallest absolute Gasteiger partial charge is 0.220 e. The highest BCUT2D eigenvalue weighted by Crippen LogP contribution is 2.32. The maximum absolute atomic E-state index is 11.7. The van der Waals surface area contributed by atoms with Gasteiger partial charge < -0.3 is 10.6 Å². The molecule has 1 amide bonds. The molecule has 1 aliphatic rings. The maximum Gasteiger partial charge on any atom is 0.220 e. The summed E-state index contributed by atoms with van der Waals surface area (Å²) in [5.41, 5.74) is 2.19. The Morgan fingerprint density at radius 1 is 1.42 bits per heavy atom. The second kappa shape index (κ2) is 5.58. The highest BCUT2D eigenvalue weighted by Gasteiger charge is 2.23. The molecular formula is C12H17N3O3S. The van der Waals surface area contributed by atoms with Crippen molar-refractivity contribution in [3.8, 4) is 0 Å². The number of sulfonamides is 1. The number of hydrogen-bond donors (Lipinski definition) is 3. The highest BCUT2D eigenvalue weighted by molar-refractivity contribution is 7.89. The van der Waals surface area contributed by atoms with Gasteiger partial charge in [0.25, 0.3) is 0 Å². The second-order valence-corrected chi connectivity index (χ2v) is 6.32. The number of primary sulfonamides is 1. The van der Waals surface area contributed by atoms with E-state index in [0.717, 1.165) is 17.8 Å². The van der Waals surface area contributed by atoms with Crippen molar-refractivity contribution in [1.82, 2.24) is 5.32 Å². The number of nitrogens with one attached hydrogen (secondary N) is 2. The van der Waals surface area contributed by atoms with Gasteiger partial charge in [-0.3, -0.25) is 4.79 Å². The molecule has 0 aliphatic carbocycles. The summed E-state index contributed by atoms with van der Waals surface area (Å²) in [6, 6.07) is 7.87. The lowest BCUT2D eigenvalue weighted by atomic mass is 9.98. The Morgan fingerprint density at radius 3 is 2.89 bits per heavy atom. The van der Waals surface area contributed by atoms with Gasteiger partial charge >= 0.3 is 0 Å². The molecule has 6 nitrogen and oxygen atoms in total. The van der Waals surface area contributed by atoms with Crippen LogP contribution in [0, 0.1) is 0 Å². The third kappa shape index (κ3) is 3.93. The van der Waals surface area contributed by atoms with E-state index >= 15 is 0 Å². The number of nitrogens with two attached hydrogens (primary N) is 1. The molecule has 0 fully saturated rings. The van der Waals surface area contributed by atoms with Crippen LogP contribution in [0.3, 0.4) is 0 Å². The highest BCUT2D eigenvalue weighted by atomic mass is 32.2. The van der Waals surface area contributed by atoms with Gasteiger partial charge in [-0.1, -0.05) is 18.2 Å². The third-order valence-electron chi connectivity index (χ3n) is 3.08. The summed E-state index contributed by atoms with van der Waals surface area (Å²) in [6.07, 6.45) is 0.342. The van der Waals surface area contributed by atoms with Gasteiger partial charge in [0.05, 0.1) is 5.75 Å². The van der Waals surface area contributed by atoms with Gasteiger partial charge in [0.15, 0.2) is 0 Å². The minimum Gasteiger partial charge on any atom is -0.384 e. The Balaban J connectivity index is 1.84. The SMILES string of the molecule is NS(=O)(=O)CCNC(=O)CC1CNc2ccccc21. The van der Waals surface area contributed by atoms with Crippen LogP contribution in [0.15, 0.2) is 24.3 Å². The lowest BCUT2D eigenvalue weighted by Gasteiger charge is -2.10. The molecular weight excluding hydrogens is 266 g/mol. The van der Waals surface area contributed by atoms with E-state index in [9.17, 15) is 13.2 Å². The molecule has 0 bridgehead atoms. The Bertz CT molecular complexity index is 571. The number of rotatable bonds is 5. The van der Waals surface area contributed by atoms with Crippen LogP contribution in [0.2, 0.25) is 0 Å². The molecule has 1 atom stereocenters. The van der Waals surface area contributed by atoms with Crippen LogP contribution in [0.5, 0.6) is 0 Å². The molecule has 0 spiro atoms. The first-order valence-electron chi connectivity index (χ1n) is 6.06. The van der Waals surface area contributed by atoms with Crippen molar-refractivity contribution < 1.29 is 13.2 Å².